The van der Waals surface area contributed by atoms with Crippen molar-refractivity contribution in [3.63, 3.8) is 0 Å². The summed E-state index contributed by atoms with van der Waals surface area (Å²) in [5.74, 6) is 1.59. The molecule has 0 radical (unpaired) electrons. The Balaban J connectivity index is 0.000000188. The van der Waals surface area contributed by atoms with Crippen LogP contribution in [-0.4, -0.2) is 106 Å². The minimum Gasteiger partial charge on any atom is -0.484 e. The molecule has 6 aromatic carbocycles. The number of halogens is 1. The van der Waals surface area contributed by atoms with Gasteiger partial charge in [0.25, 0.3) is 11.8 Å². The Labute approximate surface area is 423 Å². The Morgan fingerprint density at radius 2 is 0.718 bits per heavy atom. The van der Waals surface area contributed by atoms with Crippen molar-refractivity contribution in [3.8, 4) is 11.5 Å². The van der Waals surface area contributed by atoms with Crippen LogP contribution in [-0.2, 0) is 45.1 Å². The van der Waals surface area contributed by atoms with E-state index in [2.05, 4.69) is 59.2 Å². The van der Waals surface area contributed by atoms with Crippen LogP contribution >= 0.6 is 12.4 Å². The fraction of sp³-hybridized carbons (Fsp3) is 0.310. The lowest BCUT2D eigenvalue weighted by Gasteiger charge is -2.44. The van der Waals surface area contributed by atoms with Crippen molar-refractivity contribution < 1.29 is 28.7 Å². The summed E-state index contributed by atoms with van der Waals surface area (Å²) in [7, 11) is 0. The van der Waals surface area contributed by atoms with Gasteiger partial charge in [0.1, 0.15) is 11.5 Å². The first kappa shape index (κ1) is 50.4. The van der Waals surface area contributed by atoms with Gasteiger partial charge in [0.2, 0.25) is 11.8 Å². The summed E-state index contributed by atoms with van der Waals surface area (Å²) in [6.45, 7) is 3.50. The lowest BCUT2D eigenvalue weighted by atomic mass is 9.95. The van der Waals surface area contributed by atoms with E-state index in [4.69, 9.17) is 9.47 Å². The minimum absolute atomic E-state index is 0. The first-order chi connectivity index (χ1) is 34.3. The third-order valence-corrected chi connectivity index (χ3v) is 14.1. The topological polar surface area (TPSA) is 124 Å². The highest BCUT2D eigenvalue weighted by atomic mass is 35.5. The maximum Gasteiger partial charge on any atom is 0.260 e. The highest BCUT2D eigenvalue weighted by molar-refractivity contribution is 5.87. The van der Waals surface area contributed by atoms with Gasteiger partial charge in [-0.05, 0) is 59.4 Å². The van der Waals surface area contributed by atoms with Crippen molar-refractivity contribution in [1.82, 2.24) is 30.2 Å². The van der Waals surface area contributed by atoms with E-state index in [1.54, 1.807) is 0 Å². The molecule has 6 aromatic rings. The van der Waals surface area contributed by atoms with E-state index in [0.717, 1.165) is 22.3 Å². The number of benzene rings is 6. The van der Waals surface area contributed by atoms with Crippen molar-refractivity contribution in [2.45, 2.75) is 75.0 Å². The fourth-order valence-electron chi connectivity index (χ4n) is 10.3. The number of carbonyl (C=O) groups excluding carboxylic acids is 4. The number of hydrogen-bond acceptors (Lipinski definition) is 8. The zero-order valence-electron chi connectivity index (χ0n) is 40.0. The Kier molecular flexibility index (Phi) is 16.9. The zero-order chi connectivity index (χ0) is 48.2. The van der Waals surface area contributed by atoms with Crippen LogP contribution in [0.5, 0.6) is 11.5 Å². The molecule has 2 spiro atoms. The van der Waals surface area contributed by atoms with Crippen LogP contribution in [0.1, 0.15) is 47.9 Å². The molecule has 2 atom stereocenters. The summed E-state index contributed by atoms with van der Waals surface area (Å²) in [6, 6.07) is 58.8. The van der Waals surface area contributed by atoms with Crippen LogP contribution in [0, 0.1) is 0 Å². The first-order valence-corrected chi connectivity index (χ1v) is 24.5. The second kappa shape index (κ2) is 23.7. The van der Waals surface area contributed by atoms with Crippen molar-refractivity contribution in [2.75, 3.05) is 39.4 Å². The monoisotopic (exact) mass is 974 g/mol. The van der Waals surface area contributed by atoms with Gasteiger partial charge in [0.05, 0.1) is 23.4 Å². The average Bonchev–Trinajstić information content (AvgIpc) is 3.79. The van der Waals surface area contributed by atoms with Crippen molar-refractivity contribution in [3.05, 3.63) is 204 Å². The second-order valence-corrected chi connectivity index (χ2v) is 18.6. The largest absolute Gasteiger partial charge is 0.484 e. The van der Waals surface area contributed by atoms with E-state index in [9.17, 15) is 19.2 Å². The molecule has 4 fully saturated rings. The van der Waals surface area contributed by atoms with E-state index >= 15 is 0 Å². The number of ether oxygens (including phenoxy) is 2. The lowest BCUT2D eigenvalue weighted by molar-refractivity contribution is -0.140. The number of amides is 4. The molecular formula is C58H63ClN6O6. The van der Waals surface area contributed by atoms with E-state index in [-0.39, 0.29) is 61.3 Å². The zero-order valence-corrected chi connectivity index (χ0v) is 40.8. The Hall–Kier alpha value is -6.99. The van der Waals surface area contributed by atoms with Gasteiger partial charge >= 0.3 is 0 Å². The van der Waals surface area contributed by atoms with Crippen LogP contribution in [0.15, 0.2) is 182 Å². The summed E-state index contributed by atoms with van der Waals surface area (Å²) in [5, 5.41) is 7.40. The molecule has 0 aromatic heterocycles. The summed E-state index contributed by atoms with van der Waals surface area (Å²) < 4.78 is 11.3. The number of nitrogens with zero attached hydrogens (tertiary/aromatic N) is 4. The molecule has 368 valence electrons. The molecule has 13 heteroatoms. The van der Waals surface area contributed by atoms with Crippen LogP contribution in [0.4, 0.5) is 0 Å². The fourth-order valence-corrected chi connectivity index (χ4v) is 10.3. The summed E-state index contributed by atoms with van der Waals surface area (Å²) in [6.07, 6.45) is 4.06. The van der Waals surface area contributed by atoms with Gasteiger partial charge in [0.15, 0.2) is 13.2 Å². The smallest absolute Gasteiger partial charge is 0.260 e. The van der Waals surface area contributed by atoms with Gasteiger partial charge in [-0.25, -0.2) is 0 Å². The number of nitrogens with one attached hydrogen (secondary N) is 2. The maximum absolute atomic E-state index is 13.6. The van der Waals surface area contributed by atoms with Gasteiger partial charge in [0, 0.05) is 65.0 Å². The molecule has 0 bridgehead atoms. The van der Waals surface area contributed by atoms with Gasteiger partial charge in [-0.2, -0.15) is 0 Å². The van der Waals surface area contributed by atoms with E-state index in [1.165, 1.54) is 0 Å². The molecule has 0 unspecified atom stereocenters. The number of para-hydroxylation sites is 2. The average molecular weight is 976 g/mol. The molecule has 4 aliphatic heterocycles. The van der Waals surface area contributed by atoms with Crippen LogP contribution < -0.4 is 20.1 Å². The highest BCUT2D eigenvalue weighted by Gasteiger charge is 2.53. The number of likely N-dealkylation sites (tertiary alicyclic amines) is 2. The van der Waals surface area contributed by atoms with Crippen molar-refractivity contribution >= 4 is 36.0 Å². The molecule has 12 nitrogen and oxygen atoms in total. The van der Waals surface area contributed by atoms with E-state index in [1.807, 2.05) is 153 Å². The van der Waals surface area contributed by atoms with Crippen molar-refractivity contribution in [1.29, 1.82) is 0 Å². The maximum atomic E-state index is 13.6. The normalized spacial score (nSPS) is 18.9. The third-order valence-electron chi connectivity index (χ3n) is 14.1. The number of carbonyl (C=O) groups is 4. The first-order valence-electron chi connectivity index (χ1n) is 24.5. The molecule has 0 aliphatic carbocycles. The standard InChI is InChI=1S/2C29H31N3O3.ClH/c2*33-27(22-35-25-14-8-3-9-15-25)31-18-16-29(17-19-31)30-26(20-23-10-4-1-5-11-23)28(34)32(29)21-24-12-6-2-7-13-24;/h2*1-15,26,30H,16-22H2;1H/t2*26-;/m00./s1. The van der Waals surface area contributed by atoms with E-state index in [0.29, 0.717) is 89.3 Å². The molecule has 10 rings (SSSR count). The Bertz CT molecular complexity index is 2450. The lowest BCUT2D eigenvalue weighted by Crippen LogP contribution is -2.59. The Morgan fingerprint density at radius 1 is 0.437 bits per heavy atom. The minimum atomic E-state index is -0.455. The second-order valence-electron chi connectivity index (χ2n) is 18.6. The molecule has 4 heterocycles. The number of rotatable bonds is 14. The van der Waals surface area contributed by atoms with Crippen molar-refractivity contribution in [2.24, 2.45) is 0 Å². The predicted octanol–water partition coefficient (Wildman–Crippen LogP) is 7.68. The van der Waals surface area contributed by atoms with Gasteiger partial charge in [-0.3, -0.25) is 29.8 Å². The molecule has 4 saturated heterocycles. The molecular weight excluding hydrogens is 912 g/mol. The Morgan fingerprint density at radius 3 is 1.03 bits per heavy atom. The molecule has 4 amide bonds. The summed E-state index contributed by atoms with van der Waals surface area (Å²) >= 11 is 0. The molecule has 0 saturated carbocycles. The van der Waals surface area contributed by atoms with Crippen LogP contribution in [0.25, 0.3) is 0 Å². The number of hydrogen-bond donors (Lipinski definition) is 2. The molecule has 4 aliphatic rings. The van der Waals surface area contributed by atoms with Gasteiger partial charge in [-0.15, -0.1) is 12.4 Å². The summed E-state index contributed by atoms with van der Waals surface area (Å²) in [4.78, 5) is 60.6. The van der Waals surface area contributed by atoms with Crippen LogP contribution in [0.2, 0.25) is 0 Å². The predicted molar refractivity (Wildman–Crippen MR) is 276 cm³/mol. The highest BCUT2D eigenvalue weighted by Crippen LogP contribution is 2.36. The quantitative estimate of drug-likeness (QED) is 0.114. The molecule has 2 N–H and O–H groups in total. The summed E-state index contributed by atoms with van der Waals surface area (Å²) in [5.41, 5.74) is 3.59. The number of piperidine rings is 2. The van der Waals surface area contributed by atoms with Gasteiger partial charge in [-0.1, -0.05) is 158 Å². The molecule has 71 heavy (non-hydrogen) atoms. The van der Waals surface area contributed by atoms with Crippen LogP contribution in [0.3, 0.4) is 0 Å². The van der Waals surface area contributed by atoms with Gasteiger partial charge < -0.3 is 29.1 Å². The van der Waals surface area contributed by atoms with E-state index < -0.39 is 11.3 Å². The third kappa shape index (κ3) is 12.5. The SMILES string of the molecule is Cl.O=C(COc1ccccc1)N1CCC2(CC1)N[C@@H](Cc1ccccc1)C(=O)N2Cc1ccccc1.O=C(COc1ccccc1)N1CCC2(CC1)N[C@@H](Cc1ccccc1)C(=O)N2Cc1ccccc1.